The van der Waals surface area contributed by atoms with E-state index in [9.17, 15) is 9.18 Å². The van der Waals surface area contributed by atoms with Gasteiger partial charge in [0.1, 0.15) is 5.82 Å². The van der Waals surface area contributed by atoms with E-state index in [1.165, 1.54) is 12.5 Å². The first-order chi connectivity index (χ1) is 10.6. The summed E-state index contributed by atoms with van der Waals surface area (Å²) >= 11 is 0. The highest BCUT2D eigenvalue weighted by atomic mass is 19.1. The van der Waals surface area contributed by atoms with Gasteiger partial charge in [-0.05, 0) is 76.5 Å². The number of benzene rings is 1. The molecule has 0 atom stereocenters. The molecule has 0 saturated carbocycles. The van der Waals surface area contributed by atoms with Gasteiger partial charge in [0.25, 0.3) is 0 Å². The largest absolute Gasteiger partial charge is 0.325 e. The third kappa shape index (κ3) is 5.07. The monoisotopic (exact) mass is 307 g/mol. The summed E-state index contributed by atoms with van der Waals surface area (Å²) in [4.78, 5) is 14.2. The van der Waals surface area contributed by atoms with Gasteiger partial charge in [0.2, 0.25) is 5.91 Å². The summed E-state index contributed by atoms with van der Waals surface area (Å²) in [5, 5.41) is 5.96. The molecule has 0 bridgehead atoms. The van der Waals surface area contributed by atoms with E-state index in [2.05, 4.69) is 15.5 Å². The van der Waals surface area contributed by atoms with Gasteiger partial charge in [0.15, 0.2) is 0 Å². The molecule has 5 heteroatoms. The molecule has 0 spiro atoms. The first-order valence-electron chi connectivity index (χ1n) is 8.01. The Kier molecular flexibility index (Phi) is 6.34. The zero-order chi connectivity index (χ0) is 15.9. The smallest absolute Gasteiger partial charge is 0.238 e. The maximum absolute atomic E-state index is 13.5. The molecule has 122 valence electrons. The van der Waals surface area contributed by atoms with Crippen molar-refractivity contribution in [2.75, 3.05) is 38.5 Å². The van der Waals surface area contributed by atoms with Gasteiger partial charge < -0.3 is 10.6 Å². The minimum Gasteiger partial charge on any atom is -0.325 e. The minimum atomic E-state index is -0.289. The molecule has 1 amide bonds. The van der Waals surface area contributed by atoms with Crippen LogP contribution in [0, 0.1) is 18.7 Å². The lowest BCUT2D eigenvalue weighted by atomic mass is 9.93. The van der Waals surface area contributed by atoms with Gasteiger partial charge in [-0.1, -0.05) is 6.07 Å². The summed E-state index contributed by atoms with van der Waals surface area (Å²) in [6.45, 7) is 5.08. The van der Waals surface area contributed by atoms with Gasteiger partial charge in [-0.25, -0.2) is 4.39 Å². The molecule has 2 N–H and O–H groups in total. The van der Waals surface area contributed by atoms with Gasteiger partial charge in [0, 0.05) is 5.69 Å². The number of carbonyl (C=O) groups is 1. The molecule has 0 unspecified atom stereocenters. The minimum absolute atomic E-state index is 0.0723. The van der Waals surface area contributed by atoms with Crippen molar-refractivity contribution < 1.29 is 9.18 Å². The molecule has 1 fully saturated rings. The van der Waals surface area contributed by atoms with Gasteiger partial charge in [-0.3, -0.25) is 9.69 Å². The van der Waals surface area contributed by atoms with Crippen molar-refractivity contribution in [1.29, 1.82) is 0 Å². The molecule has 1 aliphatic rings. The average Bonchev–Trinajstić information content (AvgIpc) is 2.50. The van der Waals surface area contributed by atoms with E-state index in [1.807, 2.05) is 7.05 Å². The normalized spacial score (nSPS) is 16.7. The highest BCUT2D eigenvalue weighted by molar-refractivity contribution is 5.92. The molecule has 1 heterocycles. The molecular formula is C17H26FN3O. The molecule has 2 rings (SSSR count). The Hall–Kier alpha value is -1.46. The maximum Gasteiger partial charge on any atom is 0.238 e. The molecule has 1 aromatic rings. The second-order valence-electron chi connectivity index (χ2n) is 6.12. The van der Waals surface area contributed by atoms with Crippen LogP contribution < -0.4 is 10.6 Å². The molecule has 4 nitrogen and oxygen atoms in total. The van der Waals surface area contributed by atoms with E-state index < -0.39 is 0 Å². The Morgan fingerprint density at radius 2 is 2.09 bits per heavy atom. The fraction of sp³-hybridized carbons (Fsp3) is 0.588. The molecular weight excluding hydrogens is 281 g/mol. The number of carbonyl (C=O) groups excluding carboxylic acids is 1. The maximum atomic E-state index is 13.5. The van der Waals surface area contributed by atoms with Gasteiger partial charge in [-0.15, -0.1) is 0 Å². The molecule has 0 aromatic heterocycles. The number of nitrogens with zero attached hydrogens (tertiary/aromatic N) is 1. The van der Waals surface area contributed by atoms with E-state index in [0.717, 1.165) is 38.4 Å². The van der Waals surface area contributed by atoms with Crippen LogP contribution in [0.25, 0.3) is 0 Å². The van der Waals surface area contributed by atoms with Crippen LogP contribution in [0.2, 0.25) is 0 Å². The fourth-order valence-corrected chi connectivity index (χ4v) is 2.86. The Morgan fingerprint density at radius 3 is 2.73 bits per heavy atom. The van der Waals surface area contributed by atoms with Gasteiger partial charge >= 0.3 is 0 Å². The SMILES string of the molecule is CNCCC1CCN(CC(=O)Nc2ccc(C)c(F)c2)CC1. The summed E-state index contributed by atoms with van der Waals surface area (Å²) < 4.78 is 13.5. The first-order valence-corrected chi connectivity index (χ1v) is 8.01. The van der Waals surface area contributed by atoms with Crippen LogP contribution in [0.3, 0.4) is 0 Å². The van der Waals surface area contributed by atoms with Crippen LogP contribution in [0.5, 0.6) is 0 Å². The predicted molar refractivity (Wildman–Crippen MR) is 87.5 cm³/mol. The molecule has 0 radical (unpaired) electrons. The second-order valence-corrected chi connectivity index (χ2v) is 6.12. The third-order valence-electron chi connectivity index (χ3n) is 4.33. The van der Waals surface area contributed by atoms with E-state index in [1.54, 1.807) is 19.1 Å². The number of nitrogens with one attached hydrogen (secondary N) is 2. The zero-order valence-electron chi connectivity index (χ0n) is 13.5. The van der Waals surface area contributed by atoms with E-state index >= 15 is 0 Å². The lowest BCUT2D eigenvalue weighted by Crippen LogP contribution is -2.39. The van der Waals surface area contributed by atoms with E-state index in [-0.39, 0.29) is 11.7 Å². The summed E-state index contributed by atoms with van der Waals surface area (Å²) in [5.41, 5.74) is 1.11. The topological polar surface area (TPSA) is 44.4 Å². The molecule has 1 aliphatic heterocycles. The average molecular weight is 307 g/mol. The number of amides is 1. The number of rotatable bonds is 6. The number of piperidine rings is 1. The Morgan fingerprint density at radius 1 is 1.36 bits per heavy atom. The summed E-state index contributed by atoms with van der Waals surface area (Å²) in [6, 6.07) is 4.79. The van der Waals surface area contributed by atoms with Crippen LogP contribution in [0.15, 0.2) is 18.2 Å². The number of halogens is 1. The van der Waals surface area contributed by atoms with Crippen molar-refractivity contribution >= 4 is 11.6 Å². The van der Waals surface area contributed by atoms with Crippen molar-refractivity contribution in [3.8, 4) is 0 Å². The van der Waals surface area contributed by atoms with Crippen LogP contribution in [0.4, 0.5) is 10.1 Å². The third-order valence-corrected chi connectivity index (χ3v) is 4.33. The van der Waals surface area contributed by atoms with Crippen LogP contribution in [-0.4, -0.2) is 44.0 Å². The van der Waals surface area contributed by atoms with Crippen molar-refractivity contribution in [3.63, 3.8) is 0 Å². The van der Waals surface area contributed by atoms with Gasteiger partial charge in [0.05, 0.1) is 6.54 Å². The number of anilines is 1. The first kappa shape index (κ1) is 16.9. The van der Waals surface area contributed by atoms with E-state index in [0.29, 0.717) is 17.8 Å². The number of hydrogen-bond acceptors (Lipinski definition) is 3. The van der Waals surface area contributed by atoms with E-state index in [4.69, 9.17) is 0 Å². The predicted octanol–water partition coefficient (Wildman–Crippen LogP) is 2.39. The molecule has 1 aromatic carbocycles. The standard InChI is InChI=1S/C17H26FN3O/c1-13-3-4-15(11-16(13)18)20-17(22)12-21-9-6-14(7-10-21)5-8-19-2/h3-4,11,14,19H,5-10,12H2,1-2H3,(H,20,22). The zero-order valence-corrected chi connectivity index (χ0v) is 13.5. The van der Waals surface area contributed by atoms with Crippen LogP contribution >= 0.6 is 0 Å². The van der Waals surface area contributed by atoms with Crippen LogP contribution in [0.1, 0.15) is 24.8 Å². The Bertz CT molecular complexity index is 499. The number of aryl methyl sites for hydroxylation is 1. The molecule has 1 saturated heterocycles. The van der Waals surface area contributed by atoms with Crippen molar-refractivity contribution in [3.05, 3.63) is 29.6 Å². The van der Waals surface area contributed by atoms with Crippen molar-refractivity contribution in [2.45, 2.75) is 26.2 Å². The Labute approximate surface area is 132 Å². The number of hydrogen-bond donors (Lipinski definition) is 2. The van der Waals surface area contributed by atoms with Crippen molar-refractivity contribution in [1.82, 2.24) is 10.2 Å². The number of likely N-dealkylation sites (tertiary alicyclic amines) is 1. The van der Waals surface area contributed by atoms with Crippen LogP contribution in [-0.2, 0) is 4.79 Å². The lowest BCUT2D eigenvalue weighted by Gasteiger charge is -2.31. The fourth-order valence-electron chi connectivity index (χ4n) is 2.86. The summed E-state index contributed by atoms with van der Waals surface area (Å²) in [6.07, 6.45) is 3.50. The van der Waals surface area contributed by atoms with Crippen molar-refractivity contribution in [2.24, 2.45) is 5.92 Å². The highest BCUT2D eigenvalue weighted by Gasteiger charge is 2.20. The van der Waals surface area contributed by atoms with Gasteiger partial charge in [-0.2, -0.15) is 0 Å². The second kappa shape index (κ2) is 8.25. The highest BCUT2D eigenvalue weighted by Crippen LogP contribution is 2.20. The Balaban J connectivity index is 1.75. The molecule has 22 heavy (non-hydrogen) atoms. The molecule has 0 aliphatic carbocycles. The quantitative estimate of drug-likeness (QED) is 0.848. The lowest BCUT2D eigenvalue weighted by molar-refractivity contribution is -0.117. The summed E-state index contributed by atoms with van der Waals surface area (Å²) in [5.74, 6) is 0.401. The summed E-state index contributed by atoms with van der Waals surface area (Å²) in [7, 11) is 1.98.